The molecule has 1 N–H and O–H groups in total. The van der Waals surface area contributed by atoms with Crippen molar-refractivity contribution in [3.8, 4) is 0 Å². The van der Waals surface area contributed by atoms with Crippen LogP contribution in [-0.2, 0) is 4.79 Å². The van der Waals surface area contributed by atoms with Gasteiger partial charge in [0, 0.05) is 12.2 Å². The van der Waals surface area contributed by atoms with E-state index in [0.717, 1.165) is 17.9 Å². The molecule has 0 spiro atoms. The van der Waals surface area contributed by atoms with Gasteiger partial charge in [-0.05, 0) is 19.8 Å². The van der Waals surface area contributed by atoms with Crippen LogP contribution in [0.3, 0.4) is 0 Å². The van der Waals surface area contributed by atoms with Crippen LogP contribution in [-0.4, -0.2) is 21.8 Å². The number of aryl methyl sites for hydroxylation is 1. The maximum Gasteiger partial charge on any atom is 0.303 e. The van der Waals surface area contributed by atoms with Crippen LogP contribution in [0.25, 0.3) is 0 Å². The SMILES string of the molecule is Cc1coc(SCCCCC(=O)O)n1. The molecule has 0 unspecified atom stereocenters. The summed E-state index contributed by atoms with van der Waals surface area (Å²) in [6.45, 7) is 1.87. The normalized spacial score (nSPS) is 10.4. The quantitative estimate of drug-likeness (QED) is 0.583. The smallest absolute Gasteiger partial charge is 0.303 e. The summed E-state index contributed by atoms with van der Waals surface area (Å²) in [6.07, 6.45) is 3.44. The van der Waals surface area contributed by atoms with Crippen molar-refractivity contribution in [2.45, 2.75) is 31.4 Å². The monoisotopic (exact) mass is 215 g/mol. The highest BCUT2D eigenvalue weighted by Gasteiger charge is 2.01. The van der Waals surface area contributed by atoms with Crippen molar-refractivity contribution < 1.29 is 14.3 Å². The molecule has 1 aromatic rings. The number of aromatic nitrogens is 1. The van der Waals surface area contributed by atoms with E-state index < -0.39 is 5.97 Å². The molecule has 0 radical (unpaired) electrons. The predicted molar refractivity (Wildman–Crippen MR) is 53.5 cm³/mol. The molecule has 4 nitrogen and oxygen atoms in total. The van der Waals surface area contributed by atoms with E-state index >= 15 is 0 Å². The first-order valence-electron chi connectivity index (χ1n) is 4.45. The highest BCUT2D eigenvalue weighted by molar-refractivity contribution is 7.99. The minimum Gasteiger partial charge on any atom is -0.481 e. The van der Waals surface area contributed by atoms with Crippen molar-refractivity contribution in [3.63, 3.8) is 0 Å². The van der Waals surface area contributed by atoms with Gasteiger partial charge in [0.15, 0.2) is 0 Å². The fraction of sp³-hybridized carbons (Fsp3) is 0.556. The van der Waals surface area contributed by atoms with Crippen molar-refractivity contribution in [3.05, 3.63) is 12.0 Å². The number of carbonyl (C=O) groups is 1. The number of carboxylic acids is 1. The van der Waals surface area contributed by atoms with Gasteiger partial charge in [-0.3, -0.25) is 4.79 Å². The van der Waals surface area contributed by atoms with Gasteiger partial charge in [0.05, 0.1) is 5.69 Å². The second-order valence-electron chi connectivity index (χ2n) is 2.95. The number of nitrogens with zero attached hydrogens (tertiary/aromatic N) is 1. The van der Waals surface area contributed by atoms with Crippen LogP contribution < -0.4 is 0 Å². The molecule has 0 aliphatic heterocycles. The molecule has 0 aliphatic carbocycles. The van der Waals surface area contributed by atoms with Crippen LogP contribution in [0, 0.1) is 6.92 Å². The average molecular weight is 215 g/mol. The standard InChI is InChI=1S/C9H13NO3S/c1-7-6-13-9(10-7)14-5-3-2-4-8(11)12/h6H,2-5H2,1H3,(H,11,12). The fourth-order valence-electron chi connectivity index (χ4n) is 0.936. The Bertz CT molecular complexity index is 298. The van der Waals surface area contributed by atoms with Crippen molar-refractivity contribution in [2.24, 2.45) is 0 Å². The van der Waals surface area contributed by atoms with E-state index in [2.05, 4.69) is 4.98 Å². The molecular formula is C9H13NO3S. The highest BCUT2D eigenvalue weighted by atomic mass is 32.2. The van der Waals surface area contributed by atoms with Crippen molar-refractivity contribution in [1.29, 1.82) is 0 Å². The largest absolute Gasteiger partial charge is 0.481 e. The Morgan fingerprint density at radius 2 is 2.43 bits per heavy atom. The van der Waals surface area contributed by atoms with Crippen molar-refractivity contribution >= 4 is 17.7 Å². The number of thioether (sulfide) groups is 1. The van der Waals surface area contributed by atoms with Crippen LogP contribution in [0.5, 0.6) is 0 Å². The summed E-state index contributed by atoms with van der Waals surface area (Å²) in [4.78, 5) is 14.3. The van der Waals surface area contributed by atoms with Gasteiger partial charge in [-0.2, -0.15) is 0 Å². The lowest BCUT2D eigenvalue weighted by Crippen LogP contribution is -1.94. The van der Waals surface area contributed by atoms with E-state index in [4.69, 9.17) is 9.52 Å². The van der Waals surface area contributed by atoms with Crippen LogP contribution in [0.1, 0.15) is 25.0 Å². The zero-order chi connectivity index (χ0) is 10.4. The lowest BCUT2D eigenvalue weighted by Gasteiger charge is -1.95. The number of unbranched alkanes of at least 4 members (excludes halogenated alkanes) is 1. The second-order valence-corrected chi connectivity index (χ2v) is 4.00. The summed E-state index contributed by atoms with van der Waals surface area (Å²) in [5.74, 6) is 0.120. The number of rotatable bonds is 6. The number of aliphatic carboxylic acids is 1. The topological polar surface area (TPSA) is 63.3 Å². The van der Waals surface area contributed by atoms with Gasteiger partial charge in [0.25, 0.3) is 5.22 Å². The third-order valence-electron chi connectivity index (χ3n) is 1.61. The first-order chi connectivity index (χ1) is 6.68. The molecule has 0 fully saturated rings. The van der Waals surface area contributed by atoms with Gasteiger partial charge < -0.3 is 9.52 Å². The average Bonchev–Trinajstić information content (AvgIpc) is 2.50. The summed E-state index contributed by atoms with van der Waals surface area (Å²) in [6, 6.07) is 0. The van der Waals surface area contributed by atoms with Gasteiger partial charge in [-0.25, -0.2) is 4.98 Å². The van der Waals surface area contributed by atoms with Gasteiger partial charge in [0.1, 0.15) is 6.26 Å². The second kappa shape index (κ2) is 5.70. The molecule has 0 bridgehead atoms. The van der Waals surface area contributed by atoms with Crippen LogP contribution in [0.2, 0.25) is 0 Å². The van der Waals surface area contributed by atoms with Crippen LogP contribution in [0.15, 0.2) is 15.9 Å². The predicted octanol–water partition coefficient (Wildman–Crippen LogP) is 2.33. The molecule has 78 valence electrons. The Morgan fingerprint density at radius 3 is 3.00 bits per heavy atom. The number of hydrogen-bond acceptors (Lipinski definition) is 4. The Labute approximate surface area is 86.7 Å². The van der Waals surface area contributed by atoms with Crippen LogP contribution in [0.4, 0.5) is 0 Å². The Morgan fingerprint density at radius 1 is 1.64 bits per heavy atom. The van der Waals surface area contributed by atoms with Crippen molar-refractivity contribution in [2.75, 3.05) is 5.75 Å². The van der Waals surface area contributed by atoms with Gasteiger partial charge in [0.2, 0.25) is 0 Å². The molecule has 1 rings (SSSR count). The molecule has 0 aromatic carbocycles. The van der Waals surface area contributed by atoms with Gasteiger partial charge >= 0.3 is 5.97 Å². The van der Waals surface area contributed by atoms with E-state index in [1.54, 1.807) is 6.26 Å². The maximum atomic E-state index is 10.2. The van der Waals surface area contributed by atoms with Gasteiger partial charge in [-0.15, -0.1) is 0 Å². The molecule has 0 aliphatic rings. The lowest BCUT2D eigenvalue weighted by molar-refractivity contribution is -0.137. The summed E-state index contributed by atoms with van der Waals surface area (Å²) in [5, 5.41) is 9.06. The third-order valence-corrected chi connectivity index (χ3v) is 2.54. The van der Waals surface area contributed by atoms with Crippen molar-refractivity contribution in [1.82, 2.24) is 4.98 Å². The lowest BCUT2D eigenvalue weighted by atomic mass is 10.3. The molecule has 0 atom stereocenters. The molecule has 0 saturated carbocycles. The Balaban J connectivity index is 2.07. The molecular weight excluding hydrogens is 202 g/mol. The zero-order valence-corrected chi connectivity index (χ0v) is 8.84. The Kier molecular flexibility index (Phi) is 4.52. The minimum atomic E-state index is -0.734. The molecule has 0 amide bonds. The van der Waals surface area contributed by atoms with E-state index in [9.17, 15) is 4.79 Å². The summed E-state index contributed by atoms with van der Waals surface area (Å²) in [5.41, 5.74) is 0.873. The minimum absolute atomic E-state index is 0.241. The van der Waals surface area contributed by atoms with E-state index in [1.165, 1.54) is 11.8 Å². The summed E-state index contributed by atoms with van der Waals surface area (Å²) >= 11 is 1.52. The summed E-state index contributed by atoms with van der Waals surface area (Å²) < 4.78 is 5.13. The maximum absolute atomic E-state index is 10.2. The number of oxazole rings is 1. The highest BCUT2D eigenvalue weighted by Crippen LogP contribution is 2.18. The molecule has 0 saturated heterocycles. The number of hydrogen-bond donors (Lipinski definition) is 1. The molecule has 14 heavy (non-hydrogen) atoms. The zero-order valence-electron chi connectivity index (χ0n) is 8.02. The number of carboxylic acid groups (broad SMARTS) is 1. The molecule has 1 aromatic heterocycles. The van der Waals surface area contributed by atoms with Crippen LogP contribution >= 0.6 is 11.8 Å². The fourth-order valence-corrected chi connectivity index (χ4v) is 1.78. The Hall–Kier alpha value is -0.970. The first kappa shape index (κ1) is 11.1. The molecule has 5 heteroatoms. The van der Waals surface area contributed by atoms with Gasteiger partial charge in [-0.1, -0.05) is 11.8 Å². The van der Waals surface area contributed by atoms with E-state index in [1.807, 2.05) is 6.92 Å². The summed E-state index contributed by atoms with van der Waals surface area (Å²) in [7, 11) is 0. The molecule has 1 heterocycles. The van der Waals surface area contributed by atoms with E-state index in [-0.39, 0.29) is 6.42 Å². The third kappa shape index (κ3) is 4.32. The first-order valence-corrected chi connectivity index (χ1v) is 5.44. The van der Waals surface area contributed by atoms with E-state index in [0.29, 0.717) is 11.6 Å².